The number of thiazole rings is 1. The van der Waals surface area contributed by atoms with E-state index in [-0.39, 0.29) is 0 Å². The Hall–Kier alpha value is -1.59. The molecule has 5 heteroatoms. The van der Waals surface area contributed by atoms with Crippen molar-refractivity contribution in [2.75, 3.05) is 29.9 Å². The maximum atomic E-state index is 5.63. The number of likely N-dealkylation sites (N-methyl/N-ethyl adjacent to an activating group) is 1. The van der Waals surface area contributed by atoms with Gasteiger partial charge in [0.25, 0.3) is 0 Å². The molecule has 1 aromatic heterocycles. The van der Waals surface area contributed by atoms with Crippen LogP contribution in [0.5, 0.6) is 0 Å². The third-order valence-electron chi connectivity index (χ3n) is 3.22. The standard InChI is InChI=1S/C13H16N4S/c1-16-6-7-17(12-5-3-2-4-11(12)16)13-15-10(8-14)9-18-13/h2-5,9H,6-8,14H2,1H3. The van der Waals surface area contributed by atoms with Crippen molar-refractivity contribution < 1.29 is 0 Å². The van der Waals surface area contributed by atoms with Gasteiger partial charge >= 0.3 is 0 Å². The highest BCUT2D eigenvalue weighted by molar-refractivity contribution is 7.13. The largest absolute Gasteiger partial charge is 0.371 e. The molecule has 0 bridgehead atoms. The number of para-hydroxylation sites is 2. The maximum Gasteiger partial charge on any atom is 0.190 e. The van der Waals surface area contributed by atoms with E-state index >= 15 is 0 Å². The third kappa shape index (κ3) is 1.85. The number of nitrogens with two attached hydrogens (primary N) is 1. The minimum absolute atomic E-state index is 0.506. The van der Waals surface area contributed by atoms with Crippen LogP contribution in [0.1, 0.15) is 5.69 Å². The predicted molar refractivity (Wildman–Crippen MR) is 76.7 cm³/mol. The normalized spacial score (nSPS) is 14.8. The molecule has 18 heavy (non-hydrogen) atoms. The van der Waals surface area contributed by atoms with Crippen LogP contribution in [-0.4, -0.2) is 25.1 Å². The Morgan fingerprint density at radius 2 is 2.06 bits per heavy atom. The molecule has 2 N–H and O–H groups in total. The van der Waals surface area contributed by atoms with Crippen LogP contribution in [0.4, 0.5) is 16.5 Å². The molecule has 0 aliphatic carbocycles. The molecular formula is C13H16N4S. The average Bonchev–Trinajstić information content (AvgIpc) is 2.88. The van der Waals surface area contributed by atoms with E-state index in [1.165, 1.54) is 11.4 Å². The van der Waals surface area contributed by atoms with Crippen LogP contribution in [0.3, 0.4) is 0 Å². The van der Waals surface area contributed by atoms with Gasteiger partial charge in [-0.25, -0.2) is 4.98 Å². The van der Waals surface area contributed by atoms with Gasteiger partial charge in [0.15, 0.2) is 5.13 Å². The lowest BCUT2D eigenvalue weighted by Gasteiger charge is -2.35. The fraction of sp³-hybridized carbons (Fsp3) is 0.308. The molecule has 0 saturated carbocycles. The first-order valence-corrected chi connectivity index (χ1v) is 6.90. The summed E-state index contributed by atoms with van der Waals surface area (Å²) in [5, 5.41) is 3.08. The quantitative estimate of drug-likeness (QED) is 0.899. The van der Waals surface area contributed by atoms with Gasteiger partial charge in [-0.1, -0.05) is 12.1 Å². The minimum atomic E-state index is 0.506. The van der Waals surface area contributed by atoms with Crippen molar-refractivity contribution in [1.82, 2.24) is 4.98 Å². The SMILES string of the molecule is CN1CCN(c2nc(CN)cs2)c2ccccc21. The molecule has 4 nitrogen and oxygen atoms in total. The van der Waals surface area contributed by atoms with Gasteiger partial charge in [0, 0.05) is 32.1 Å². The summed E-state index contributed by atoms with van der Waals surface area (Å²) in [6, 6.07) is 8.45. The molecule has 0 radical (unpaired) electrons. The summed E-state index contributed by atoms with van der Waals surface area (Å²) >= 11 is 1.66. The van der Waals surface area contributed by atoms with Crippen molar-refractivity contribution in [2.45, 2.75) is 6.54 Å². The van der Waals surface area contributed by atoms with Crippen molar-refractivity contribution >= 4 is 27.8 Å². The number of rotatable bonds is 2. The molecule has 0 atom stereocenters. The first kappa shape index (κ1) is 11.5. The predicted octanol–water partition coefficient (Wildman–Crippen LogP) is 2.19. The lowest BCUT2D eigenvalue weighted by Crippen LogP contribution is -2.36. The molecule has 94 valence electrons. The van der Waals surface area contributed by atoms with Crippen molar-refractivity contribution in [1.29, 1.82) is 0 Å². The van der Waals surface area contributed by atoms with E-state index < -0.39 is 0 Å². The van der Waals surface area contributed by atoms with Gasteiger partial charge in [0.05, 0.1) is 17.1 Å². The molecule has 1 aromatic carbocycles. The van der Waals surface area contributed by atoms with Crippen molar-refractivity contribution in [3.63, 3.8) is 0 Å². The van der Waals surface area contributed by atoms with E-state index in [0.717, 1.165) is 23.9 Å². The van der Waals surface area contributed by atoms with Crippen LogP contribution in [0.15, 0.2) is 29.6 Å². The van der Waals surface area contributed by atoms with Gasteiger partial charge in [-0.2, -0.15) is 0 Å². The number of aromatic nitrogens is 1. The molecule has 2 heterocycles. The summed E-state index contributed by atoms with van der Waals surface area (Å²) in [4.78, 5) is 9.14. The molecule has 1 aliphatic rings. The summed E-state index contributed by atoms with van der Waals surface area (Å²) in [7, 11) is 2.13. The number of benzene rings is 1. The second-order valence-corrected chi connectivity index (χ2v) is 5.22. The van der Waals surface area contributed by atoms with Crippen LogP contribution in [0, 0.1) is 0 Å². The zero-order valence-electron chi connectivity index (χ0n) is 10.3. The first-order chi connectivity index (χ1) is 8.79. The molecule has 0 fully saturated rings. The zero-order chi connectivity index (χ0) is 12.5. The third-order valence-corrected chi connectivity index (χ3v) is 4.13. The van der Waals surface area contributed by atoms with E-state index in [0.29, 0.717) is 6.54 Å². The summed E-state index contributed by atoms with van der Waals surface area (Å²) in [5.74, 6) is 0. The molecule has 0 amide bonds. The summed E-state index contributed by atoms with van der Waals surface area (Å²) in [6.07, 6.45) is 0. The Balaban J connectivity index is 2.01. The topological polar surface area (TPSA) is 45.4 Å². The molecule has 2 aromatic rings. The van der Waals surface area contributed by atoms with Gasteiger partial charge in [0.2, 0.25) is 0 Å². The molecule has 0 saturated heterocycles. The summed E-state index contributed by atoms with van der Waals surface area (Å²) in [5.41, 5.74) is 9.07. The average molecular weight is 260 g/mol. The lowest BCUT2D eigenvalue weighted by atomic mass is 10.2. The smallest absolute Gasteiger partial charge is 0.190 e. The maximum absolute atomic E-state index is 5.63. The van der Waals surface area contributed by atoms with Gasteiger partial charge in [-0.15, -0.1) is 11.3 Å². The molecule has 0 spiro atoms. The van der Waals surface area contributed by atoms with Gasteiger partial charge < -0.3 is 15.5 Å². The lowest BCUT2D eigenvalue weighted by molar-refractivity contribution is 0.817. The minimum Gasteiger partial charge on any atom is -0.371 e. The highest BCUT2D eigenvalue weighted by Gasteiger charge is 2.22. The fourth-order valence-electron chi connectivity index (χ4n) is 2.22. The zero-order valence-corrected chi connectivity index (χ0v) is 11.2. The van der Waals surface area contributed by atoms with E-state index in [2.05, 4.69) is 46.1 Å². The van der Waals surface area contributed by atoms with E-state index in [1.54, 1.807) is 11.3 Å². The monoisotopic (exact) mass is 260 g/mol. The fourth-order valence-corrected chi connectivity index (χ4v) is 3.10. The Kier molecular flexibility index (Phi) is 2.93. The molecule has 0 unspecified atom stereocenters. The van der Waals surface area contributed by atoms with Crippen molar-refractivity contribution in [3.05, 3.63) is 35.3 Å². The highest BCUT2D eigenvalue weighted by Crippen LogP contribution is 2.37. The molecule has 1 aliphatic heterocycles. The summed E-state index contributed by atoms with van der Waals surface area (Å²) in [6.45, 7) is 2.48. The Morgan fingerprint density at radius 3 is 2.78 bits per heavy atom. The van der Waals surface area contributed by atoms with Crippen LogP contribution < -0.4 is 15.5 Å². The van der Waals surface area contributed by atoms with Crippen molar-refractivity contribution in [3.8, 4) is 0 Å². The highest BCUT2D eigenvalue weighted by atomic mass is 32.1. The van der Waals surface area contributed by atoms with Crippen LogP contribution in [0.25, 0.3) is 0 Å². The van der Waals surface area contributed by atoms with Crippen LogP contribution in [-0.2, 0) is 6.54 Å². The van der Waals surface area contributed by atoms with E-state index in [9.17, 15) is 0 Å². The first-order valence-electron chi connectivity index (χ1n) is 6.02. The summed E-state index contributed by atoms with van der Waals surface area (Å²) < 4.78 is 0. The van der Waals surface area contributed by atoms with Crippen LogP contribution >= 0.6 is 11.3 Å². The van der Waals surface area contributed by atoms with Gasteiger partial charge in [-0.3, -0.25) is 0 Å². The van der Waals surface area contributed by atoms with Crippen LogP contribution in [0.2, 0.25) is 0 Å². The Labute approximate surface area is 111 Å². The molecule has 3 rings (SSSR count). The number of hydrogen-bond acceptors (Lipinski definition) is 5. The number of fused-ring (bicyclic) bond motifs is 1. The molecular weight excluding hydrogens is 244 g/mol. The Morgan fingerprint density at radius 1 is 1.28 bits per heavy atom. The van der Waals surface area contributed by atoms with Crippen molar-refractivity contribution in [2.24, 2.45) is 5.73 Å². The number of hydrogen-bond donors (Lipinski definition) is 1. The van der Waals surface area contributed by atoms with E-state index in [1.807, 2.05) is 5.38 Å². The number of anilines is 3. The second kappa shape index (κ2) is 4.59. The van der Waals surface area contributed by atoms with E-state index in [4.69, 9.17) is 5.73 Å². The van der Waals surface area contributed by atoms with Gasteiger partial charge in [0.1, 0.15) is 0 Å². The Bertz CT molecular complexity index is 551. The van der Waals surface area contributed by atoms with Gasteiger partial charge in [-0.05, 0) is 12.1 Å². The number of nitrogens with zero attached hydrogens (tertiary/aromatic N) is 3. The second-order valence-electron chi connectivity index (χ2n) is 4.39.